The zero-order chi connectivity index (χ0) is 17.6. The van der Waals surface area contributed by atoms with E-state index in [4.69, 9.17) is 4.74 Å². The van der Waals surface area contributed by atoms with Crippen LogP contribution >= 0.6 is 11.8 Å². The van der Waals surface area contributed by atoms with E-state index >= 15 is 0 Å². The molecule has 0 saturated carbocycles. The van der Waals surface area contributed by atoms with Crippen molar-refractivity contribution in [3.05, 3.63) is 60.0 Å². The van der Waals surface area contributed by atoms with Gasteiger partial charge in [-0.15, -0.1) is 11.8 Å². The number of benzene rings is 1. The fourth-order valence-electron chi connectivity index (χ4n) is 2.51. The first-order valence-electron chi connectivity index (χ1n) is 8.19. The Labute approximate surface area is 151 Å². The Bertz CT molecular complexity index is 876. The number of imidazole rings is 1. The van der Waals surface area contributed by atoms with Crippen molar-refractivity contribution in [1.29, 1.82) is 0 Å². The number of thioether (sulfide) groups is 1. The first kappa shape index (κ1) is 17.4. The predicted molar refractivity (Wildman–Crippen MR) is 102 cm³/mol. The molecule has 0 aliphatic heterocycles. The smallest absolute Gasteiger partial charge is 0.234 e. The SMILES string of the molecule is CCOc1ccccc1NC(=O)CSCc1cn2cc(C)ccc2n1. The fraction of sp³-hybridized carbons (Fsp3) is 0.263. The number of anilines is 1. The molecule has 0 atom stereocenters. The fourth-order valence-corrected chi connectivity index (χ4v) is 3.22. The third-order valence-corrected chi connectivity index (χ3v) is 4.56. The van der Waals surface area contributed by atoms with Crippen LogP contribution in [0.2, 0.25) is 0 Å². The Morgan fingerprint density at radius 2 is 2.08 bits per heavy atom. The molecular weight excluding hydrogens is 334 g/mol. The van der Waals surface area contributed by atoms with Gasteiger partial charge in [0.25, 0.3) is 0 Å². The standard InChI is InChI=1S/C19H21N3O2S/c1-3-24-17-7-5-4-6-16(17)21-19(23)13-25-12-15-11-22-10-14(2)8-9-18(22)20-15/h4-11H,3,12-13H2,1-2H3,(H,21,23). The van der Waals surface area contributed by atoms with Crippen molar-refractivity contribution in [2.24, 2.45) is 0 Å². The van der Waals surface area contributed by atoms with Gasteiger partial charge in [0.05, 0.1) is 23.7 Å². The van der Waals surface area contributed by atoms with Crippen molar-refractivity contribution in [3.63, 3.8) is 0 Å². The Morgan fingerprint density at radius 1 is 1.24 bits per heavy atom. The number of pyridine rings is 1. The number of fused-ring (bicyclic) bond motifs is 1. The molecule has 0 aliphatic carbocycles. The zero-order valence-electron chi connectivity index (χ0n) is 14.4. The molecule has 2 aromatic heterocycles. The molecule has 2 heterocycles. The Kier molecular flexibility index (Phi) is 5.60. The van der Waals surface area contributed by atoms with Gasteiger partial charge < -0.3 is 14.5 Å². The number of carbonyl (C=O) groups excluding carboxylic acids is 1. The summed E-state index contributed by atoms with van der Waals surface area (Å²) in [5.41, 5.74) is 3.80. The topological polar surface area (TPSA) is 55.6 Å². The second-order valence-corrected chi connectivity index (χ2v) is 6.66. The van der Waals surface area contributed by atoms with Crippen LogP contribution in [0.5, 0.6) is 5.75 Å². The largest absolute Gasteiger partial charge is 0.492 e. The molecule has 0 aliphatic rings. The van der Waals surface area contributed by atoms with Gasteiger partial charge in [0.15, 0.2) is 0 Å². The number of aryl methyl sites for hydroxylation is 1. The minimum absolute atomic E-state index is 0.0447. The minimum Gasteiger partial charge on any atom is -0.492 e. The zero-order valence-corrected chi connectivity index (χ0v) is 15.2. The molecule has 130 valence electrons. The summed E-state index contributed by atoms with van der Waals surface area (Å²) in [6.07, 6.45) is 4.06. The second-order valence-electron chi connectivity index (χ2n) is 5.67. The minimum atomic E-state index is -0.0447. The number of hydrogen-bond acceptors (Lipinski definition) is 4. The summed E-state index contributed by atoms with van der Waals surface area (Å²) in [4.78, 5) is 16.7. The van der Waals surface area contributed by atoms with E-state index in [1.807, 2.05) is 60.1 Å². The number of aromatic nitrogens is 2. The van der Waals surface area contributed by atoms with Gasteiger partial charge in [-0.1, -0.05) is 18.2 Å². The summed E-state index contributed by atoms with van der Waals surface area (Å²) < 4.78 is 7.54. The number of amides is 1. The summed E-state index contributed by atoms with van der Waals surface area (Å²) in [6.45, 7) is 4.54. The van der Waals surface area contributed by atoms with Crippen LogP contribution in [0, 0.1) is 6.92 Å². The first-order valence-corrected chi connectivity index (χ1v) is 9.35. The Balaban J connectivity index is 1.53. The van der Waals surface area contributed by atoms with E-state index in [0.29, 0.717) is 29.5 Å². The maximum Gasteiger partial charge on any atom is 0.234 e. The van der Waals surface area contributed by atoms with Crippen LogP contribution < -0.4 is 10.1 Å². The molecule has 5 nitrogen and oxygen atoms in total. The quantitative estimate of drug-likeness (QED) is 0.698. The molecule has 25 heavy (non-hydrogen) atoms. The van der Waals surface area contributed by atoms with E-state index in [0.717, 1.165) is 11.3 Å². The van der Waals surface area contributed by atoms with Gasteiger partial charge in [0.2, 0.25) is 5.91 Å². The van der Waals surface area contributed by atoms with E-state index in [2.05, 4.69) is 17.2 Å². The van der Waals surface area contributed by atoms with Crippen molar-refractivity contribution in [1.82, 2.24) is 9.38 Å². The second kappa shape index (κ2) is 8.07. The van der Waals surface area contributed by atoms with E-state index in [9.17, 15) is 4.79 Å². The molecular formula is C19H21N3O2S. The molecule has 3 aromatic rings. The van der Waals surface area contributed by atoms with Crippen molar-refractivity contribution in [2.75, 3.05) is 17.7 Å². The summed E-state index contributed by atoms with van der Waals surface area (Å²) in [5.74, 6) is 1.71. The molecule has 0 spiro atoms. The maximum atomic E-state index is 12.2. The van der Waals surface area contributed by atoms with E-state index in [1.165, 1.54) is 5.56 Å². The average Bonchev–Trinajstić information content (AvgIpc) is 2.98. The summed E-state index contributed by atoms with van der Waals surface area (Å²) >= 11 is 1.54. The first-order chi connectivity index (χ1) is 12.2. The average molecular weight is 355 g/mol. The highest BCUT2D eigenvalue weighted by Gasteiger charge is 2.08. The van der Waals surface area contributed by atoms with Crippen molar-refractivity contribution in [3.8, 4) is 5.75 Å². The lowest BCUT2D eigenvalue weighted by Crippen LogP contribution is -2.15. The van der Waals surface area contributed by atoms with Gasteiger partial charge in [-0.05, 0) is 37.6 Å². The lowest BCUT2D eigenvalue weighted by Gasteiger charge is -2.10. The van der Waals surface area contributed by atoms with Gasteiger partial charge in [0, 0.05) is 18.1 Å². The number of nitrogens with one attached hydrogen (secondary N) is 1. The highest BCUT2D eigenvalue weighted by Crippen LogP contribution is 2.24. The number of carbonyl (C=O) groups is 1. The van der Waals surface area contributed by atoms with Crippen LogP contribution in [-0.4, -0.2) is 27.7 Å². The number of rotatable bonds is 7. The van der Waals surface area contributed by atoms with E-state index in [1.54, 1.807) is 11.8 Å². The van der Waals surface area contributed by atoms with Gasteiger partial charge in [-0.2, -0.15) is 0 Å². The number of para-hydroxylation sites is 2. The number of nitrogens with zero attached hydrogens (tertiary/aromatic N) is 2. The van der Waals surface area contributed by atoms with Crippen LogP contribution in [0.1, 0.15) is 18.2 Å². The summed E-state index contributed by atoms with van der Waals surface area (Å²) in [7, 11) is 0. The monoisotopic (exact) mass is 355 g/mol. The molecule has 3 rings (SSSR count). The van der Waals surface area contributed by atoms with Crippen LogP contribution in [0.25, 0.3) is 5.65 Å². The van der Waals surface area contributed by atoms with E-state index < -0.39 is 0 Å². The van der Waals surface area contributed by atoms with Crippen molar-refractivity contribution < 1.29 is 9.53 Å². The molecule has 0 unspecified atom stereocenters. The van der Waals surface area contributed by atoms with Crippen LogP contribution in [0.4, 0.5) is 5.69 Å². The lowest BCUT2D eigenvalue weighted by molar-refractivity contribution is -0.113. The molecule has 6 heteroatoms. The normalized spacial score (nSPS) is 10.8. The summed E-state index contributed by atoms with van der Waals surface area (Å²) in [5, 5.41) is 2.91. The Morgan fingerprint density at radius 3 is 2.92 bits per heavy atom. The molecule has 1 amide bonds. The molecule has 0 radical (unpaired) electrons. The van der Waals surface area contributed by atoms with Gasteiger partial charge in [0.1, 0.15) is 11.4 Å². The third-order valence-electron chi connectivity index (χ3n) is 3.59. The highest BCUT2D eigenvalue weighted by molar-refractivity contribution is 7.99. The van der Waals surface area contributed by atoms with Gasteiger partial charge in [-0.3, -0.25) is 4.79 Å². The molecule has 0 saturated heterocycles. The Hall–Kier alpha value is -2.47. The molecule has 0 bridgehead atoms. The number of ether oxygens (including phenoxy) is 1. The lowest BCUT2D eigenvalue weighted by atomic mass is 10.3. The molecule has 0 fully saturated rings. The highest BCUT2D eigenvalue weighted by atomic mass is 32.2. The van der Waals surface area contributed by atoms with Gasteiger partial charge in [-0.25, -0.2) is 4.98 Å². The third kappa shape index (κ3) is 4.54. The summed E-state index contributed by atoms with van der Waals surface area (Å²) in [6, 6.07) is 11.5. The maximum absolute atomic E-state index is 12.2. The predicted octanol–water partition coefficient (Wildman–Crippen LogP) is 3.91. The van der Waals surface area contributed by atoms with Crippen LogP contribution in [-0.2, 0) is 10.5 Å². The van der Waals surface area contributed by atoms with Crippen molar-refractivity contribution in [2.45, 2.75) is 19.6 Å². The van der Waals surface area contributed by atoms with Crippen LogP contribution in [0.15, 0.2) is 48.8 Å². The van der Waals surface area contributed by atoms with Crippen LogP contribution in [0.3, 0.4) is 0 Å². The number of hydrogen-bond donors (Lipinski definition) is 1. The molecule has 1 aromatic carbocycles. The van der Waals surface area contributed by atoms with Crippen molar-refractivity contribution >= 4 is 29.0 Å². The van der Waals surface area contributed by atoms with Gasteiger partial charge >= 0.3 is 0 Å². The molecule has 1 N–H and O–H groups in total. The van der Waals surface area contributed by atoms with E-state index in [-0.39, 0.29) is 5.91 Å².